The number of hydrogen-bond acceptors (Lipinski definition) is 4. The van der Waals surface area contributed by atoms with Crippen LogP contribution in [0.4, 0.5) is 5.82 Å². The van der Waals surface area contributed by atoms with Crippen LogP contribution >= 0.6 is 11.6 Å². The molecule has 8 heteroatoms. The molecule has 0 saturated heterocycles. The van der Waals surface area contributed by atoms with E-state index in [9.17, 15) is 8.42 Å². The number of nitrogens with one attached hydrogen (secondary N) is 1. The molecule has 19 heavy (non-hydrogen) atoms. The Bertz CT molecular complexity index is 682. The van der Waals surface area contributed by atoms with Crippen molar-refractivity contribution in [1.29, 1.82) is 0 Å². The van der Waals surface area contributed by atoms with Crippen molar-refractivity contribution in [3.05, 3.63) is 35.7 Å². The van der Waals surface area contributed by atoms with Crippen molar-refractivity contribution < 1.29 is 8.42 Å². The Morgan fingerprint density at radius 1 is 1.42 bits per heavy atom. The number of aromatic nitrogens is 3. The number of hydrogen-bond donors (Lipinski definition) is 1. The molecule has 0 fully saturated rings. The standard InChI is InChI=1S/C11H13ClN4O2S/c1-8(2)16-7-10(6-14-16)19(17,18)15-11-5-9(12)3-4-13-11/h3-8H,1-2H3,(H,13,15). The topological polar surface area (TPSA) is 76.9 Å². The van der Waals surface area contributed by atoms with Crippen molar-refractivity contribution in [2.75, 3.05) is 4.72 Å². The van der Waals surface area contributed by atoms with E-state index in [2.05, 4.69) is 14.8 Å². The van der Waals surface area contributed by atoms with Gasteiger partial charge in [0, 0.05) is 29.5 Å². The monoisotopic (exact) mass is 300 g/mol. The van der Waals surface area contributed by atoms with Crippen LogP contribution in [0.2, 0.25) is 5.02 Å². The fourth-order valence-electron chi connectivity index (χ4n) is 1.40. The summed E-state index contributed by atoms with van der Waals surface area (Å²) in [5.41, 5.74) is 0. The van der Waals surface area contributed by atoms with Crippen molar-refractivity contribution in [3.63, 3.8) is 0 Å². The summed E-state index contributed by atoms with van der Waals surface area (Å²) >= 11 is 5.77. The largest absolute Gasteiger partial charge is 0.269 e. The van der Waals surface area contributed by atoms with E-state index in [1.54, 1.807) is 10.7 Å². The zero-order chi connectivity index (χ0) is 14.0. The molecule has 2 rings (SSSR count). The zero-order valence-electron chi connectivity index (χ0n) is 10.4. The van der Waals surface area contributed by atoms with Crippen LogP contribution in [0.25, 0.3) is 0 Å². The van der Waals surface area contributed by atoms with E-state index in [4.69, 9.17) is 11.6 Å². The second-order valence-corrected chi connectivity index (χ2v) is 6.33. The van der Waals surface area contributed by atoms with Crippen LogP contribution in [0.3, 0.4) is 0 Å². The molecule has 0 aliphatic rings. The van der Waals surface area contributed by atoms with Crippen molar-refractivity contribution in [2.24, 2.45) is 0 Å². The van der Waals surface area contributed by atoms with E-state index in [1.807, 2.05) is 13.8 Å². The molecule has 102 valence electrons. The third-order valence-corrected chi connectivity index (χ3v) is 3.92. The Balaban J connectivity index is 2.27. The number of nitrogens with zero attached hydrogens (tertiary/aromatic N) is 3. The molecule has 0 atom stereocenters. The van der Waals surface area contributed by atoms with Gasteiger partial charge in [-0.15, -0.1) is 0 Å². The van der Waals surface area contributed by atoms with Crippen LogP contribution in [0.1, 0.15) is 19.9 Å². The minimum absolute atomic E-state index is 0.0861. The lowest BCUT2D eigenvalue weighted by Crippen LogP contribution is -2.13. The molecule has 0 saturated carbocycles. The van der Waals surface area contributed by atoms with Gasteiger partial charge in [0.05, 0.1) is 6.20 Å². The highest BCUT2D eigenvalue weighted by atomic mass is 35.5. The third-order valence-electron chi connectivity index (χ3n) is 2.38. The molecule has 0 amide bonds. The second-order valence-electron chi connectivity index (χ2n) is 4.21. The quantitative estimate of drug-likeness (QED) is 0.940. The number of sulfonamides is 1. The highest BCUT2D eigenvalue weighted by Gasteiger charge is 2.18. The second kappa shape index (κ2) is 5.18. The van der Waals surface area contributed by atoms with Crippen molar-refractivity contribution in [2.45, 2.75) is 24.8 Å². The molecular formula is C11H13ClN4O2S. The Kier molecular flexibility index (Phi) is 3.77. The van der Waals surface area contributed by atoms with Gasteiger partial charge in [0.1, 0.15) is 10.7 Å². The summed E-state index contributed by atoms with van der Waals surface area (Å²) in [6, 6.07) is 3.09. The van der Waals surface area contributed by atoms with Gasteiger partial charge in [-0.25, -0.2) is 13.4 Å². The van der Waals surface area contributed by atoms with E-state index in [1.165, 1.54) is 24.7 Å². The lowest BCUT2D eigenvalue weighted by Gasteiger charge is -2.06. The summed E-state index contributed by atoms with van der Waals surface area (Å²) in [4.78, 5) is 3.98. The summed E-state index contributed by atoms with van der Waals surface area (Å²) < 4.78 is 28.1. The van der Waals surface area contributed by atoms with Crippen LogP contribution in [0.15, 0.2) is 35.6 Å². The number of anilines is 1. The molecule has 0 spiro atoms. The molecule has 0 aliphatic carbocycles. The van der Waals surface area contributed by atoms with Crippen molar-refractivity contribution in [1.82, 2.24) is 14.8 Å². The Labute approximate surface area is 116 Å². The average Bonchev–Trinajstić information content (AvgIpc) is 2.78. The Morgan fingerprint density at radius 2 is 2.16 bits per heavy atom. The maximum atomic E-state index is 12.1. The normalized spacial score (nSPS) is 11.8. The fraction of sp³-hybridized carbons (Fsp3) is 0.273. The number of halogens is 1. The van der Waals surface area contributed by atoms with Gasteiger partial charge in [0.25, 0.3) is 10.0 Å². The average molecular weight is 301 g/mol. The summed E-state index contributed by atoms with van der Waals surface area (Å²) in [6.45, 7) is 3.82. The first-order valence-corrected chi connectivity index (χ1v) is 7.43. The van der Waals surface area contributed by atoms with Gasteiger partial charge in [-0.2, -0.15) is 5.10 Å². The predicted octanol–water partition coefficient (Wildman–Crippen LogP) is 2.31. The molecule has 2 aromatic rings. The molecule has 0 aliphatic heterocycles. The van der Waals surface area contributed by atoms with Gasteiger partial charge in [-0.3, -0.25) is 9.40 Å². The molecular weight excluding hydrogens is 288 g/mol. The molecule has 0 radical (unpaired) electrons. The molecule has 0 unspecified atom stereocenters. The zero-order valence-corrected chi connectivity index (χ0v) is 12.0. The highest BCUT2D eigenvalue weighted by Crippen LogP contribution is 2.17. The van der Waals surface area contributed by atoms with Gasteiger partial charge >= 0.3 is 0 Å². The SMILES string of the molecule is CC(C)n1cc(S(=O)(=O)Nc2cc(Cl)ccn2)cn1. The van der Waals surface area contributed by atoms with Crippen LogP contribution in [-0.2, 0) is 10.0 Å². The van der Waals surface area contributed by atoms with Gasteiger partial charge in [0.2, 0.25) is 0 Å². The third kappa shape index (κ3) is 3.24. The van der Waals surface area contributed by atoms with Gasteiger partial charge in [0.15, 0.2) is 0 Å². The van der Waals surface area contributed by atoms with Crippen molar-refractivity contribution >= 4 is 27.4 Å². The lowest BCUT2D eigenvalue weighted by molar-refractivity contribution is 0.531. The molecule has 2 heterocycles. The molecule has 6 nitrogen and oxygen atoms in total. The number of pyridine rings is 1. The Morgan fingerprint density at radius 3 is 2.74 bits per heavy atom. The van der Waals surface area contributed by atoms with Crippen LogP contribution < -0.4 is 4.72 Å². The van der Waals surface area contributed by atoms with E-state index in [-0.39, 0.29) is 16.8 Å². The summed E-state index contributed by atoms with van der Waals surface area (Å²) in [6.07, 6.45) is 4.20. The highest BCUT2D eigenvalue weighted by molar-refractivity contribution is 7.92. The first-order valence-electron chi connectivity index (χ1n) is 5.57. The fourth-order valence-corrected chi connectivity index (χ4v) is 2.50. The maximum absolute atomic E-state index is 12.1. The molecule has 0 bridgehead atoms. The first-order chi connectivity index (χ1) is 8.88. The molecule has 1 N–H and O–H groups in total. The minimum atomic E-state index is -3.70. The van der Waals surface area contributed by atoms with E-state index < -0.39 is 10.0 Å². The van der Waals surface area contributed by atoms with Crippen LogP contribution in [-0.4, -0.2) is 23.2 Å². The van der Waals surface area contributed by atoms with E-state index >= 15 is 0 Å². The number of rotatable bonds is 4. The van der Waals surface area contributed by atoms with Crippen LogP contribution in [0.5, 0.6) is 0 Å². The molecule has 0 aromatic carbocycles. The molecule has 2 aromatic heterocycles. The summed E-state index contributed by atoms with van der Waals surface area (Å²) in [5.74, 6) is 0.171. The van der Waals surface area contributed by atoms with Gasteiger partial charge in [-0.05, 0) is 19.9 Å². The lowest BCUT2D eigenvalue weighted by atomic mass is 10.4. The predicted molar refractivity (Wildman–Crippen MR) is 72.7 cm³/mol. The van der Waals surface area contributed by atoms with Crippen molar-refractivity contribution in [3.8, 4) is 0 Å². The van der Waals surface area contributed by atoms with Gasteiger partial charge < -0.3 is 0 Å². The maximum Gasteiger partial charge on any atom is 0.266 e. The smallest absolute Gasteiger partial charge is 0.266 e. The summed E-state index contributed by atoms with van der Waals surface area (Å²) in [5, 5.41) is 4.40. The van der Waals surface area contributed by atoms with Gasteiger partial charge in [-0.1, -0.05) is 11.6 Å². The van der Waals surface area contributed by atoms with E-state index in [0.717, 1.165) is 0 Å². The first kappa shape index (κ1) is 13.8. The van der Waals surface area contributed by atoms with E-state index in [0.29, 0.717) is 5.02 Å². The summed E-state index contributed by atoms with van der Waals surface area (Å²) in [7, 11) is -3.70. The Hall–Kier alpha value is -1.60. The minimum Gasteiger partial charge on any atom is -0.269 e. The van der Waals surface area contributed by atoms with Crippen LogP contribution in [0, 0.1) is 0 Å².